The normalized spacial score (nSPS) is 5.90. The Morgan fingerprint density at radius 1 is 1.20 bits per heavy atom. The molecule has 0 bridgehead atoms. The number of phosphoric acid groups is 1. The molecule has 1 N–H and O–H groups in total. The third-order valence-electron chi connectivity index (χ3n) is 0. The molecule has 0 atom stereocenters. The van der Waals surface area contributed by atoms with E-state index >= 15 is 0 Å². The van der Waals surface area contributed by atoms with Crippen LogP contribution in [0.2, 0.25) is 0 Å². The van der Waals surface area contributed by atoms with Crippen molar-refractivity contribution in [3.8, 4) is 0 Å². The Balaban J connectivity index is -0.00000000800. The summed E-state index contributed by atoms with van der Waals surface area (Å²) in [6, 6.07) is 0. The van der Waals surface area contributed by atoms with Crippen molar-refractivity contribution in [1.29, 1.82) is 0 Å². The number of rotatable bonds is 0. The SMILES string of the molecule is O=P([O-])([O-])O.[Cl-].[I-].[K+].[K+].[Mg+2]. The molecule has 0 aromatic rings. The van der Waals surface area contributed by atoms with Crippen LogP contribution >= 0.6 is 7.82 Å². The second-order valence-electron chi connectivity index (χ2n) is 0.469. The van der Waals surface area contributed by atoms with E-state index < -0.39 is 7.82 Å². The zero-order valence-electron chi connectivity index (χ0n) is 5.58. The molecule has 0 aliphatic carbocycles. The van der Waals surface area contributed by atoms with Crippen molar-refractivity contribution in [3.05, 3.63) is 0 Å². The number of halogens is 2. The van der Waals surface area contributed by atoms with Crippen LogP contribution in [0.25, 0.3) is 0 Å². The van der Waals surface area contributed by atoms with Crippen molar-refractivity contribution in [2.75, 3.05) is 0 Å². The van der Waals surface area contributed by atoms with Crippen LogP contribution in [-0.2, 0) is 4.57 Å². The van der Waals surface area contributed by atoms with E-state index in [4.69, 9.17) is 19.2 Å². The smallest absolute Gasteiger partial charge is 1.00 e. The van der Waals surface area contributed by atoms with Gasteiger partial charge in [0.15, 0.2) is 0 Å². The second kappa shape index (κ2) is 19.7. The summed E-state index contributed by atoms with van der Waals surface area (Å²) in [5, 5.41) is 0. The molecule has 0 heterocycles. The zero-order chi connectivity index (χ0) is 4.50. The molecule has 0 saturated carbocycles. The van der Waals surface area contributed by atoms with E-state index in [9.17, 15) is 0 Å². The summed E-state index contributed by atoms with van der Waals surface area (Å²) in [5.41, 5.74) is 0. The zero-order valence-corrected chi connectivity index (χ0v) is 17.1. The molecular formula is HClIK2MgO4P. The summed E-state index contributed by atoms with van der Waals surface area (Å²) in [7, 11) is -5.14. The first-order chi connectivity index (χ1) is 2.00. The molecule has 0 amide bonds. The topological polar surface area (TPSA) is 83.4 Å². The summed E-state index contributed by atoms with van der Waals surface area (Å²) in [5.74, 6) is 0. The maximum Gasteiger partial charge on any atom is 2.00 e. The van der Waals surface area contributed by atoms with Crippen LogP contribution in [0.1, 0.15) is 0 Å². The Labute approximate surface area is 184 Å². The molecule has 0 aromatic carbocycles. The molecule has 0 aliphatic rings. The average molecular weight is 361 g/mol. The van der Waals surface area contributed by atoms with Crippen molar-refractivity contribution < 1.29 is 158 Å². The van der Waals surface area contributed by atoms with Gasteiger partial charge in [-0.25, -0.2) is 0 Å². The summed E-state index contributed by atoms with van der Waals surface area (Å²) in [4.78, 5) is 24.3. The summed E-state index contributed by atoms with van der Waals surface area (Å²) in [6.07, 6.45) is 0. The summed E-state index contributed by atoms with van der Waals surface area (Å²) >= 11 is 0. The standard InChI is InChI=1S/ClH.HI.2K.Mg.H3O4P/c;;;;;1-5(2,3)4/h2*1H;;;;(H3,1,2,3,4)/q;;2*+1;+2;/p-4. The average Bonchev–Trinajstić information content (AvgIpc) is 0.722. The van der Waals surface area contributed by atoms with Crippen LogP contribution in [0.3, 0.4) is 0 Å². The Bertz CT molecular complexity index is 69.4. The van der Waals surface area contributed by atoms with Gasteiger partial charge in [-0.15, -0.1) is 0 Å². The largest absolute Gasteiger partial charge is 2.00 e. The van der Waals surface area contributed by atoms with Crippen molar-refractivity contribution in [1.82, 2.24) is 0 Å². The van der Waals surface area contributed by atoms with Gasteiger partial charge >= 0.3 is 126 Å². The molecule has 0 radical (unpaired) electrons. The van der Waals surface area contributed by atoms with Gasteiger partial charge in [-0.3, -0.25) is 0 Å². The van der Waals surface area contributed by atoms with Gasteiger partial charge in [0.25, 0.3) is 0 Å². The van der Waals surface area contributed by atoms with Crippen LogP contribution < -0.4 is 149 Å². The van der Waals surface area contributed by atoms with Gasteiger partial charge in [-0.2, -0.15) is 0 Å². The molecule has 0 fully saturated rings. The predicted octanol–water partition coefficient (Wildman–Crippen LogP) is -14.6. The van der Waals surface area contributed by atoms with Crippen LogP contribution in [0, 0.1) is 0 Å². The van der Waals surface area contributed by atoms with E-state index in [1.165, 1.54) is 0 Å². The van der Waals surface area contributed by atoms with Crippen LogP contribution in [0.5, 0.6) is 0 Å². The summed E-state index contributed by atoms with van der Waals surface area (Å²) < 4.78 is 8.66. The van der Waals surface area contributed by atoms with Gasteiger partial charge in [-0.05, 0) is 0 Å². The first-order valence-electron chi connectivity index (χ1n) is 0.748. The van der Waals surface area contributed by atoms with Gasteiger partial charge in [0.2, 0.25) is 0 Å². The second-order valence-corrected chi connectivity index (χ2v) is 1.41. The molecule has 0 saturated heterocycles. The van der Waals surface area contributed by atoms with E-state index in [1.54, 1.807) is 0 Å². The Kier molecular flexibility index (Phi) is 71.4. The van der Waals surface area contributed by atoms with Gasteiger partial charge < -0.3 is 55.6 Å². The molecule has 0 spiro atoms. The van der Waals surface area contributed by atoms with Crippen LogP contribution in [0.4, 0.5) is 0 Å². The minimum atomic E-state index is -5.14. The quantitative estimate of drug-likeness (QED) is 0.264. The minimum Gasteiger partial charge on any atom is -1.00 e. The van der Waals surface area contributed by atoms with E-state index in [-0.39, 0.29) is 162 Å². The number of hydrogen-bond acceptors (Lipinski definition) is 3. The Morgan fingerprint density at radius 2 is 1.20 bits per heavy atom. The molecule has 4 nitrogen and oxygen atoms in total. The molecule has 10 heavy (non-hydrogen) atoms. The van der Waals surface area contributed by atoms with Crippen LogP contribution in [0.15, 0.2) is 0 Å². The van der Waals surface area contributed by atoms with Crippen molar-refractivity contribution in [2.45, 2.75) is 0 Å². The van der Waals surface area contributed by atoms with Gasteiger partial charge in [0, 0.05) is 0 Å². The maximum atomic E-state index is 8.66. The predicted molar refractivity (Wildman–Crippen MR) is 15.6 cm³/mol. The number of hydrogen-bond donors (Lipinski definition) is 1. The molecule has 48 valence electrons. The van der Waals surface area contributed by atoms with E-state index in [0.29, 0.717) is 0 Å². The van der Waals surface area contributed by atoms with Crippen molar-refractivity contribution in [3.63, 3.8) is 0 Å². The minimum absolute atomic E-state index is 0. The molecule has 0 rings (SSSR count). The maximum absolute atomic E-state index is 8.66. The molecule has 0 aliphatic heterocycles. The molecule has 10 heteroatoms. The molecular weight excluding hydrogens is 360 g/mol. The van der Waals surface area contributed by atoms with E-state index in [0.717, 1.165) is 0 Å². The van der Waals surface area contributed by atoms with Gasteiger partial charge in [0.05, 0.1) is 7.82 Å². The first-order valence-corrected chi connectivity index (χ1v) is 2.24. The Hall–Kier alpha value is 5.17. The fourth-order valence-electron chi connectivity index (χ4n) is 0. The monoisotopic (exact) mass is 360 g/mol. The van der Waals surface area contributed by atoms with E-state index in [1.807, 2.05) is 0 Å². The summed E-state index contributed by atoms with van der Waals surface area (Å²) in [6.45, 7) is 0. The van der Waals surface area contributed by atoms with Gasteiger partial charge in [0.1, 0.15) is 0 Å². The van der Waals surface area contributed by atoms with Crippen LogP contribution in [-0.4, -0.2) is 27.9 Å². The third-order valence-corrected chi connectivity index (χ3v) is 0. The molecule has 0 unspecified atom stereocenters. The van der Waals surface area contributed by atoms with E-state index in [2.05, 4.69) is 0 Å². The fourth-order valence-corrected chi connectivity index (χ4v) is 0. The van der Waals surface area contributed by atoms with Gasteiger partial charge in [-0.1, -0.05) is 0 Å². The fraction of sp³-hybridized carbons (Fsp3) is 0. The third kappa shape index (κ3) is 73.0. The van der Waals surface area contributed by atoms with Crippen molar-refractivity contribution in [2.24, 2.45) is 0 Å². The van der Waals surface area contributed by atoms with Crippen molar-refractivity contribution >= 4 is 30.9 Å². The molecule has 0 aromatic heterocycles. The Morgan fingerprint density at radius 3 is 1.20 bits per heavy atom. The first kappa shape index (κ1) is 36.2.